The summed E-state index contributed by atoms with van der Waals surface area (Å²) >= 11 is 0. The zero-order valence-corrected chi connectivity index (χ0v) is 15.3. The summed E-state index contributed by atoms with van der Waals surface area (Å²) in [7, 11) is 1.67. The number of carbonyl (C=O) groups excluding carboxylic acids is 1. The Balaban J connectivity index is 1.81. The van der Waals surface area contributed by atoms with Crippen molar-refractivity contribution in [1.82, 2.24) is 19.8 Å². The molecule has 2 heterocycles. The average molecular weight is 374 g/mol. The molecular weight excluding hydrogens is 354 g/mol. The second kappa shape index (κ2) is 7.69. The molecule has 27 heavy (non-hydrogen) atoms. The van der Waals surface area contributed by atoms with Crippen molar-refractivity contribution in [1.29, 1.82) is 0 Å². The maximum absolute atomic E-state index is 12.8. The topological polar surface area (TPSA) is 64.2 Å². The van der Waals surface area contributed by atoms with Crippen LogP contribution in [0, 0.1) is 6.92 Å². The number of hydrogen-bond donors (Lipinski definition) is 0. The van der Waals surface area contributed by atoms with Crippen LogP contribution >= 0.6 is 0 Å². The molecule has 0 aliphatic carbocycles. The first-order chi connectivity index (χ1) is 12.9. The van der Waals surface area contributed by atoms with Gasteiger partial charge in [-0.2, -0.15) is 13.9 Å². The van der Waals surface area contributed by atoms with E-state index in [1.54, 1.807) is 38.2 Å². The first-order valence-corrected chi connectivity index (χ1v) is 8.53. The molecule has 0 atom stereocenters. The molecule has 0 spiro atoms. The molecule has 0 aliphatic rings. The molecule has 1 amide bonds. The number of hydrogen-bond acceptors (Lipinski definition) is 4. The molecule has 6 nitrogen and oxygen atoms in total. The van der Waals surface area contributed by atoms with Crippen LogP contribution in [0.5, 0.6) is 0 Å². The van der Waals surface area contributed by atoms with Crippen LogP contribution in [0.2, 0.25) is 0 Å². The van der Waals surface area contributed by atoms with E-state index in [4.69, 9.17) is 4.52 Å². The third-order valence-electron chi connectivity index (χ3n) is 4.25. The fourth-order valence-corrected chi connectivity index (χ4v) is 2.81. The lowest BCUT2D eigenvalue weighted by molar-refractivity contribution is 0.0563. The van der Waals surface area contributed by atoms with Crippen LogP contribution in [0.1, 0.15) is 41.0 Å². The highest BCUT2D eigenvalue weighted by atomic mass is 19.3. The number of benzene rings is 1. The van der Waals surface area contributed by atoms with Gasteiger partial charge in [-0.3, -0.25) is 4.79 Å². The molecule has 0 bridgehead atoms. The lowest BCUT2D eigenvalue weighted by Crippen LogP contribution is -2.26. The van der Waals surface area contributed by atoms with E-state index >= 15 is 0 Å². The van der Waals surface area contributed by atoms with E-state index in [0.29, 0.717) is 39.4 Å². The Morgan fingerprint density at radius 3 is 2.74 bits per heavy atom. The summed E-state index contributed by atoms with van der Waals surface area (Å²) in [6, 6.07) is 8.67. The Kier molecular flexibility index (Phi) is 5.34. The number of halogens is 2. The molecule has 1 aromatic carbocycles. The number of aryl methyl sites for hydroxylation is 2. The van der Waals surface area contributed by atoms with Gasteiger partial charge in [0.15, 0.2) is 5.76 Å². The van der Waals surface area contributed by atoms with Gasteiger partial charge >= 0.3 is 6.55 Å². The molecule has 0 N–H and O–H groups in total. The van der Waals surface area contributed by atoms with Crippen LogP contribution < -0.4 is 0 Å². The predicted octanol–water partition coefficient (Wildman–Crippen LogP) is 4.08. The minimum atomic E-state index is -2.71. The van der Waals surface area contributed by atoms with Gasteiger partial charge in [-0.1, -0.05) is 24.2 Å². The molecule has 2 aromatic heterocycles. The van der Waals surface area contributed by atoms with E-state index in [0.717, 1.165) is 12.1 Å². The Morgan fingerprint density at radius 2 is 2.11 bits per heavy atom. The molecule has 0 unspecified atom stereocenters. The molecule has 8 heteroatoms. The van der Waals surface area contributed by atoms with E-state index < -0.39 is 6.55 Å². The maximum Gasteiger partial charge on any atom is 0.333 e. The number of carbonyl (C=O) groups is 1. The number of alkyl halides is 2. The Bertz CT molecular complexity index is 949. The van der Waals surface area contributed by atoms with Gasteiger partial charge in [-0.25, -0.2) is 4.68 Å². The number of amides is 1. The minimum Gasteiger partial charge on any atom is -0.359 e. The van der Waals surface area contributed by atoms with Gasteiger partial charge in [-0.05, 0) is 31.0 Å². The summed E-state index contributed by atoms with van der Waals surface area (Å²) in [6.45, 7) is 1.21. The second-order valence-electron chi connectivity index (χ2n) is 6.27. The molecule has 0 radical (unpaired) electrons. The standard InChI is InChI=1S/C19H20F2N4O2/c1-4-15-9-16(27-23-15)10-24(3)18(26)14-7-5-6-13(8-14)17-11-25(19(20)21)22-12(17)2/h5-9,11,19H,4,10H2,1-3H3. The monoisotopic (exact) mass is 374 g/mol. The lowest BCUT2D eigenvalue weighted by Gasteiger charge is -2.15. The van der Waals surface area contributed by atoms with Gasteiger partial charge < -0.3 is 9.42 Å². The number of aromatic nitrogens is 3. The van der Waals surface area contributed by atoms with Crippen LogP contribution in [-0.4, -0.2) is 32.8 Å². The largest absolute Gasteiger partial charge is 0.359 e. The maximum atomic E-state index is 12.8. The average Bonchev–Trinajstić information content (AvgIpc) is 3.27. The van der Waals surface area contributed by atoms with Crippen LogP contribution in [0.3, 0.4) is 0 Å². The van der Waals surface area contributed by atoms with Crippen LogP contribution in [0.15, 0.2) is 41.1 Å². The highest BCUT2D eigenvalue weighted by Crippen LogP contribution is 2.26. The van der Waals surface area contributed by atoms with Gasteiger partial charge in [0, 0.05) is 30.4 Å². The van der Waals surface area contributed by atoms with E-state index in [1.165, 1.54) is 11.1 Å². The van der Waals surface area contributed by atoms with E-state index in [9.17, 15) is 13.6 Å². The summed E-state index contributed by atoms with van der Waals surface area (Å²) in [6.07, 6.45) is 2.04. The van der Waals surface area contributed by atoms with E-state index in [2.05, 4.69) is 10.3 Å². The Morgan fingerprint density at radius 1 is 1.33 bits per heavy atom. The third kappa shape index (κ3) is 4.05. The molecule has 0 saturated heterocycles. The van der Waals surface area contributed by atoms with Crippen molar-refractivity contribution in [3.05, 3.63) is 59.2 Å². The van der Waals surface area contributed by atoms with Gasteiger partial charge in [0.25, 0.3) is 5.91 Å². The van der Waals surface area contributed by atoms with Crippen molar-refractivity contribution in [2.75, 3.05) is 7.05 Å². The highest BCUT2D eigenvalue weighted by Gasteiger charge is 2.17. The first kappa shape index (κ1) is 18.8. The number of rotatable bonds is 6. The van der Waals surface area contributed by atoms with Gasteiger partial charge in [0.1, 0.15) is 0 Å². The fraction of sp³-hybridized carbons (Fsp3) is 0.316. The SMILES string of the molecule is CCc1cc(CN(C)C(=O)c2cccc(-c3cn(C(F)F)nc3C)c2)on1. The van der Waals surface area contributed by atoms with Crippen molar-refractivity contribution in [3.8, 4) is 11.1 Å². The zero-order chi connectivity index (χ0) is 19.6. The van der Waals surface area contributed by atoms with E-state index in [1.807, 2.05) is 13.0 Å². The number of nitrogens with zero attached hydrogens (tertiary/aromatic N) is 4. The Hall–Kier alpha value is -3.03. The van der Waals surface area contributed by atoms with Crippen molar-refractivity contribution in [2.24, 2.45) is 0 Å². The summed E-state index contributed by atoms with van der Waals surface area (Å²) in [5, 5.41) is 7.73. The molecule has 142 valence electrons. The first-order valence-electron chi connectivity index (χ1n) is 8.53. The second-order valence-corrected chi connectivity index (χ2v) is 6.27. The summed E-state index contributed by atoms with van der Waals surface area (Å²) in [4.78, 5) is 14.3. The Labute approximate surface area is 155 Å². The van der Waals surface area contributed by atoms with Crippen molar-refractivity contribution < 1.29 is 18.1 Å². The molecule has 3 aromatic rings. The molecule has 0 saturated carbocycles. The van der Waals surface area contributed by atoms with E-state index in [-0.39, 0.29) is 5.91 Å². The van der Waals surface area contributed by atoms with Gasteiger partial charge in [0.05, 0.1) is 17.9 Å². The van der Waals surface area contributed by atoms with Gasteiger partial charge in [-0.15, -0.1) is 0 Å². The quantitative estimate of drug-likeness (QED) is 0.652. The normalized spacial score (nSPS) is 11.2. The highest BCUT2D eigenvalue weighted by molar-refractivity contribution is 5.95. The minimum absolute atomic E-state index is 0.204. The molecule has 0 fully saturated rings. The van der Waals surface area contributed by atoms with Crippen molar-refractivity contribution in [3.63, 3.8) is 0 Å². The summed E-state index contributed by atoms with van der Waals surface area (Å²) in [5.74, 6) is 0.401. The van der Waals surface area contributed by atoms with Gasteiger partial charge in [0.2, 0.25) is 0 Å². The molecular formula is C19H20F2N4O2. The molecule has 3 rings (SSSR count). The van der Waals surface area contributed by atoms with Crippen LogP contribution in [-0.2, 0) is 13.0 Å². The smallest absolute Gasteiger partial charge is 0.333 e. The zero-order valence-electron chi connectivity index (χ0n) is 15.3. The lowest BCUT2D eigenvalue weighted by atomic mass is 10.0. The van der Waals surface area contributed by atoms with Crippen molar-refractivity contribution in [2.45, 2.75) is 33.4 Å². The summed E-state index contributed by atoms with van der Waals surface area (Å²) < 4.78 is 31.5. The third-order valence-corrected chi connectivity index (χ3v) is 4.25. The van der Waals surface area contributed by atoms with Crippen molar-refractivity contribution >= 4 is 5.91 Å². The predicted molar refractivity (Wildman–Crippen MR) is 95.3 cm³/mol. The molecule has 0 aliphatic heterocycles. The summed E-state index contributed by atoms with van der Waals surface area (Å²) in [5.41, 5.74) is 2.98. The van der Waals surface area contributed by atoms with Crippen LogP contribution in [0.4, 0.5) is 8.78 Å². The fourth-order valence-electron chi connectivity index (χ4n) is 2.81. The van der Waals surface area contributed by atoms with Crippen LogP contribution in [0.25, 0.3) is 11.1 Å².